The summed E-state index contributed by atoms with van der Waals surface area (Å²) in [5.74, 6) is -0.0547. The summed E-state index contributed by atoms with van der Waals surface area (Å²) in [5, 5.41) is 0. The predicted molar refractivity (Wildman–Crippen MR) is 67.6 cm³/mol. The van der Waals surface area contributed by atoms with Crippen LogP contribution in [-0.2, 0) is 6.54 Å². The maximum absolute atomic E-state index is 13.5. The molecule has 3 nitrogen and oxygen atoms in total. The smallest absolute Gasteiger partial charge is 0.165 e. The first kappa shape index (κ1) is 13.9. The number of nitrogens with two attached hydrogens (primary N) is 1. The van der Waals surface area contributed by atoms with Crippen molar-refractivity contribution in [1.82, 2.24) is 4.90 Å². The van der Waals surface area contributed by atoms with E-state index in [-0.39, 0.29) is 17.1 Å². The molecular weight excluding hydrogens is 219 g/mol. The Morgan fingerprint density at radius 2 is 2.06 bits per heavy atom. The Balaban J connectivity index is 2.66. The number of benzene rings is 1. The van der Waals surface area contributed by atoms with Crippen LogP contribution in [0.25, 0.3) is 0 Å². The average molecular weight is 240 g/mol. The number of rotatable bonds is 5. The van der Waals surface area contributed by atoms with Gasteiger partial charge in [-0.25, -0.2) is 4.39 Å². The van der Waals surface area contributed by atoms with Gasteiger partial charge in [0.05, 0.1) is 7.11 Å². The van der Waals surface area contributed by atoms with Gasteiger partial charge in [-0.1, -0.05) is 6.07 Å². The van der Waals surface area contributed by atoms with Gasteiger partial charge in [0.15, 0.2) is 11.6 Å². The zero-order valence-corrected chi connectivity index (χ0v) is 11.0. The normalized spacial score (nSPS) is 11.9. The van der Waals surface area contributed by atoms with Crippen LogP contribution in [0.2, 0.25) is 0 Å². The summed E-state index contributed by atoms with van der Waals surface area (Å²) in [7, 11) is 3.43. The van der Waals surface area contributed by atoms with E-state index in [2.05, 4.69) is 4.90 Å². The van der Waals surface area contributed by atoms with Gasteiger partial charge in [-0.3, -0.25) is 0 Å². The molecule has 17 heavy (non-hydrogen) atoms. The van der Waals surface area contributed by atoms with Crippen molar-refractivity contribution in [3.63, 3.8) is 0 Å². The summed E-state index contributed by atoms with van der Waals surface area (Å²) >= 11 is 0. The summed E-state index contributed by atoms with van der Waals surface area (Å²) in [6, 6.07) is 5.01. The molecule has 0 spiro atoms. The summed E-state index contributed by atoms with van der Waals surface area (Å²) in [4.78, 5) is 2.07. The highest BCUT2D eigenvalue weighted by atomic mass is 19.1. The third-order valence-corrected chi connectivity index (χ3v) is 2.35. The van der Waals surface area contributed by atoms with Gasteiger partial charge in [0.25, 0.3) is 0 Å². The Hall–Kier alpha value is -1.13. The Bertz CT molecular complexity index is 374. The van der Waals surface area contributed by atoms with Crippen LogP contribution < -0.4 is 10.5 Å². The van der Waals surface area contributed by atoms with Crippen LogP contribution in [-0.4, -0.2) is 31.1 Å². The van der Waals surface area contributed by atoms with Crippen LogP contribution in [0.4, 0.5) is 4.39 Å². The second-order valence-corrected chi connectivity index (χ2v) is 5.13. The number of likely N-dealkylation sites (N-methyl/N-ethyl adjacent to an activating group) is 1. The van der Waals surface area contributed by atoms with Crippen molar-refractivity contribution in [2.24, 2.45) is 5.73 Å². The quantitative estimate of drug-likeness (QED) is 0.855. The molecule has 2 N–H and O–H groups in total. The van der Waals surface area contributed by atoms with Crippen LogP contribution in [0.5, 0.6) is 5.75 Å². The van der Waals surface area contributed by atoms with E-state index in [0.717, 1.165) is 12.1 Å². The molecule has 0 aliphatic carbocycles. The van der Waals surface area contributed by atoms with Crippen LogP contribution in [0, 0.1) is 5.82 Å². The first-order chi connectivity index (χ1) is 7.81. The Kier molecular flexibility index (Phi) is 4.48. The second kappa shape index (κ2) is 5.47. The number of hydrogen-bond donors (Lipinski definition) is 1. The number of halogens is 1. The minimum absolute atomic E-state index is 0.250. The van der Waals surface area contributed by atoms with Crippen molar-refractivity contribution >= 4 is 0 Å². The molecule has 4 heteroatoms. The van der Waals surface area contributed by atoms with E-state index >= 15 is 0 Å². The molecule has 0 saturated heterocycles. The van der Waals surface area contributed by atoms with E-state index in [1.807, 2.05) is 27.0 Å². The number of ether oxygens (including phenoxy) is 1. The van der Waals surface area contributed by atoms with Crippen molar-refractivity contribution < 1.29 is 9.13 Å². The molecule has 0 heterocycles. The third-order valence-electron chi connectivity index (χ3n) is 2.35. The molecular formula is C13H21FN2O. The zero-order chi connectivity index (χ0) is 13.1. The van der Waals surface area contributed by atoms with Gasteiger partial charge in [0.1, 0.15) is 0 Å². The number of hydrogen-bond acceptors (Lipinski definition) is 3. The predicted octanol–water partition coefficient (Wildman–Crippen LogP) is 2.00. The largest absolute Gasteiger partial charge is 0.494 e. The molecule has 0 aromatic heterocycles. The maximum atomic E-state index is 13.5. The van der Waals surface area contributed by atoms with Crippen molar-refractivity contribution in [1.29, 1.82) is 0 Å². The molecule has 0 bridgehead atoms. The Labute approximate surface area is 102 Å². The Morgan fingerprint density at radius 3 is 2.53 bits per heavy atom. The standard InChI is InChI=1S/C13H21FN2O/c1-13(2,15)9-16(3)8-10-5-6-12(17-4)11(14)7-10/h5-7H,8-9,15H2,1-4H3. The molecule has 1 aromatic carbocycles. The van der Waals surface area contributed by atoms with Crippen molar-refractivity contribution in [3.8, 4) is 5.75 Å². The molecule has 0 saturated carbocycles. The highest BCUT2D eigenvalue weighted by Gasteiger charge is 2.14. The fraction of sp³-hybridized carbons (Fsp3) is 0.538. The van der Waals surface area contributed by atoms with E-state index in [0.29, 0.717) is 6.54 Å². The zero-order valence-electron chi connectivity index (χ0n) is 11.0. The van der Waals surface area contributed by atoms with Gasteiger partial charge < -0.3 is 15.4 Å². The SMILES string of the molecule is COc1ccc(CN(C)CC(C)(C)N)cc1F. The Morgan fingerprint density at radius 1 is 1.41 bits per heavy atom. The molecule has 0 fully saturated rings. The van der Waals surface area contributed by atoms with Crippen LogP contribution in [0.1, 0.15) is 19.4 Å². The van der Waals surface area contributed by atoms with Gasteiger partial charge in [-0.2, -0.15) is 0 Å². The van der Waals surface area contributed by atoms with E-state index < -0.39 is 0 Å². The minimum atomic E-state index is -0.328. The fourth-order valence-electron chi connectivity index (χ4n) is 1.87. The highest BCUT2D eigenvalue weighted by Crippen LogP contribution is 2.18. The number of nitrogens with zero attached hydrogens (tertiary/aromatic N) is 1. The molecule has 0 aliphatic rings. The van der Waals surface area contributed by atoms with E-state index in [9.17, 15) is 4.39 Å². The van der Waals surface area contributed by atoms with Crippen molar-refractivity contribution in [3.05, 3.63) is 29.6 Å². The summed E-state index contributed by atoms with van der Waals surface area (Å²) < 4.78 is 18.3. The molecule has 0 unspecified atom stereocenters. The van der Waals surface area contributed by atoms with Gasteiger partial charge in [0.2, 0.25) is 0 Å². The minimum Gasteiger partial charge on any atom is -0.494 e. The summed E-state index contributed by atoms with van der Waals surface area (Å²) in [5.41, 5.74) is 6.59. The second-order valence-electron chi connectivity index (χ2n) is 5.13. The summed E-state index contributed by atoms with van der Waals surface area (Å²) in [6.07, 6.45) is 0. The van der Waals surface area contributed by atoms with Crippen molar-refractivity contribution in [2.45, 2.75) is 25.9 Å². The molecule has 0 atom stereocenters. The van der Waals surface area contributed by atoms with Crippen LogP contribution in [0.3, 0.4) is 0 Å². The van der Waals surface area contributed by atoms with E-state index in [4.69, 9.17) is 10.5 Å². The average Bonchev–Trinajstić information content (AvgIpc) is 2.14. The van der Waals surface area contributed by atoms with Gasteiger partial charge in [-0.15, -0.1) is 0 Å². The van der Waals surface area contributed by atoms with Crippen LogP contribution in [0.15, 0.2) is 18.2 Å². The van der Waals surface area contributed by atoms with Gasteiger partial charge >= 0.3 is 0 Å². The molecule has 96 valence electrons. The van der Waals surface area contributed by atoms with Gasteiger partial charge in [0, 0.05) is 18.6 Å². The van der Waals surface area contributed by atoms with E-state index in [1.54, 1.807) is 6.07 Å². The first-order valence-electron chi connectivity index (χ1n) is 5.61. The molecule has 1 rings (SSSR count). The monoisotopic (exact) mass is 240 g/mol. The third kappa shape index (κ3) is 4.71. The highest BCUT2D eigenvalue weighted by molar-refractivity contribution is 5.29. The first-order valence-corrected chi connectivity index (χ1v) is 5.61. The van der Waals surface area contributed by atoms with Gasteiger partial charge in [-0.05, 0) is 38.6 Å². The fourth-order valence-corrected chi connectivity index (χ4v) is 1.87. The number of methoxy groups -OCH3 is 1. The summed E-state index contributed by atoms with van der Waals surface area (Å²) in [6.45, 7) is 5.36. The topological polar surface area (TPSA) is 38.5 Å². The lowest BCUT2D eigenvalue weighted by Gasteiger charge is -2.26. The molecule has 0 radical (unpaired) electrons. The lowest BCUT2D eigenvalue weighted by molar-refractivity contribution is 0.263. The van der Waals surface area contributed by atoms with E-state index in [1.165, 1.54) is 13.2 Å². The maximum Gasteiger partial charge on any atom is 0.165 e. The lowest BCUT2D eigenvalue weighted by Crippen LogP contribution is -2.43. The van der Waals surface area contributed by atoms with Crippen molar-refractivity contribution in [2.75, 3.05) is 20.7 Å². The molecule has 0 aliphatic heterocycles. The molecule has 0 amide bonds. The van der Waals surface area contributed by atoms with Crippen LogP contribution >= 0.6 is 0 Å². The molecule has 1 aromatic rings. The lowest BCUT2D eigenvalue weighted by atomic mass is 10.1.